The zero-order valence-electron chi connectivity index (χ0n) is 8.36. The molecule has 2 rings (SSSR count). The molecule has 1 aromatic heterocycles. The second kappa shape index (κ2) is 4.28. The van der Waals surface area contributed by atoms with E-state index in [9.17, 15) is 4.39 Å². The van der Waals surface area contributed by atoms with Gasteiger partial charge >= 0.3 is 0 Å². The molecule has 1 heterocycles. The monoisotopic (exact) mass is 204 g/mol. The molecule has 0 unspecified atom stereocenters. The summed E-state index contributed by atoms with van der Waals surface area (Å²) in [5, 5.41) is 1.16. The highest BCUT2D eigenvalue weighted by Crippen LogP contribution is 2.16. The number of halogens is 1. The van der Waals surface area contributed by atoms with E-state index in [2.05, 4.69) is 0 Å². The van der Waals surface area contributed by atoms with E-state index in [4.69, 9.17) is 5.73 Å². The summed E-state index contributed by atoms with van der Waals surface area (Å²) in [6.07, 6.45) is 2.54. The predicted molar refractivity (Wildman–Crippen MR) is 60.2 cm³/mol. The fourth-order valence-electron chi connectivity index (χ4n) is 1.64. The minimum absolute atomic E-state index is 0.253. The summed E-state index contributed by atoms with van der Waals surface area (Å²) in [5.41, 5.74) is 7.12. The molecule has 2 aromatic rings. The standard InChI is InChI=1S/C12H13FN2/c13-7-10(8-14)9-15-6-5-11-3-1-2-4-12(11)15/h1-7H,8-9,14H2. The Labute approximate surface area is 87.8 Å². The van der Waals surface area contributed by atoms with E-state index >= 15 is 0 Å². The summed E-state index contributed by atoms with van der Waals surface area (Å²) < 4.78 is 14.4. The largest absolute Gasteiger partial charge is 0.343 e. The van der Waals surface area contributed by atoms with Gasteiger partial charge in [0.1, 0.15) is 0 Å². The van der Waals surface area contributed by atoms with Crippen LogP contribution in [0.4, 0.5) is 4.39 Å². The minimum atomic E-state index is 0.253. The Bertz CT molecular complexity index is 485. The van der Waals surface area contributed by atoms with Crippen molar-refractivity contribution in [3.05, 3.63) is 48.4 Å². The van der Waals surface area contributed by atoms with Gasteiger partial charge in [-0.15, -0.1) is 0 Å². The summed E-state index contributed by atoms with van der Waals surface area (Å²) >= 11 is 0. The van der Waals surface area contributed by atoms with Crippen molar-refractivity contribution >= 4 is 10.9 Å². The number of para-hydroxylation sites is 1. The molecule has 78 valence electrons. The van der Waals surface area contributed by atoms with Gasteiger partial charge in [0.25, 0.3) is 0 Å². The number of fused-ring (bicyclic) bond motifs is 1. The lowest BCUT2D eigenvalue weighted by atomic mass is 10.2. The van der Waals surface area contributed by atoms with Crippen LogP contribution < -0.4 is 5.73 Å². The average molecular weight is 204 g/mol. The van der Waals surface area contributed by atoms with Crippen molar-refractivity contribution in [3.8, 4) is 0 Å². The molecule has 0 aliphatic heterocycles. The molecule has 0 atom stereocenters. The fourth-order valence-corrected chi connectivity index (χ4v) is 1.64. The maximum Gasteiger partial charge on any atom is 0.0889 e. The Morgan fingerprint density at radius 3 is 2.87 bits per heavy atom. The Morgan fingerprint density at radius 2 is 2.13 bits per heavy atom. The molecule has 0 saturated heterocycles. The van der Waals surface area contributed by atoms with Gasteiger partial charge in [-0.3, -0.25) is 0 Å². The molecule has 0 amide bonds. The van der Waals surface area contributed by atoms with Crippen LogP contribution in [0.5, 0.6) is 0 Å². The molecule has 3 heteroatoms. The molecule has 0 aliphatic carbocycles. The van der Waals surface area contributed by atoms with Gasteiger partial charge in [-0.25, -0.2) is 4.39 Å². The lowest BCUT2D eigenvalue weighted by Gasteiger charge is -2.06. The summed E-state index contributed by atoms with van der Waals surface area (Å²) in [4.78, 5) is 0. The first-order chi connectivity index (χ1) is 7.35. The Morgan fingerprint density at radius 1 is 1.33 bits per heavy atom. The number of hydrogen-bond donors (Lipinski definition) is 1. The highest BCUT2D eigenvalue weighted by Gasteiger charge is 2.01. The van der Waals surface area contributed by atoms with E-state index < -0.39 is 0 Å². The topological polar surface area (TPSA) is 30.9 Å². The third kappa shape index (κ3) is 1.92. The lowest BCUT2D eigenvalue weighted by molar-refractivity contribution is 0.678. The molecule has 2 nitrogen and oxygen atoms in total. The number of nitrogens with zero attached hydrogens (tertiary/aromatic N) is 1. The Balaban J connectivity index is 2.36. The number of aromatic nitrogens is 1. The molecular weight excluding hydrogens is 191 g/mol. The Kier molecular flexibility index (Phi) is 2.83. The maximum atomic E-state index is 12.4. The highest BCUT2D eigenvalue weighted by molar-refractivity contribution is 5.79. The zero-order chi connectivity index (χ0) is 10.7. The van der Waals surface area contributed by atoms with Crippen LogP contribution in [0.2, 0.25) is 0 Å². The van der Waals surface area contributed by atoms with E-state index in [-0.39, 0.29) is 6.54 Å². The smallest absolute Gasteiger partial charge is 0.0889 e. The van der Waals surface area contributed by atoms with Gasteiger partial charge in [-0.2, -0.15) is 0 Å². The van der Waals surface area contributed by atoms with Crippen molar-refractivity contribution in [1.82, 2.24) is 4.57 Å². The van der Waals surface area contributed by atoms with Gasteiger partial charge in [0.15, 0.2) is 0 Å². The quantitative estimate of drug-likeness (QED) is 0.818. The third-order valence-corrected chi connectivity index (χ3v) is 2.47. The number of rotatable bonds is 3. The van der Waals surface area contributed by atoms with E-state index in [0.717, 1.165) is 10.9 Å². The zero-order valence-corrected chi connectivity index (χ0v) is 8.36. The van der Waals surface area contributed by atoms with Crippen molar-refractivity contribution in [3.63, 3.8) is 0 Å². The van der Waals surface area contributed by atoms with Gasteiger partial charge in [0.2, 0.25) is 0 Å². The third-order valence-electron chi connectivity index (χ3n) is 2.47. The SMILES string of the molecule is NCC(=CF)Cn1ccc2ccccc21. The molecule has 0 fully saturated rings. The lowest BCUT2D eigenvalue weighted by Crippen LogP contribution is -2.09. The second-order valence-corrected chi connectivity index (χ2v) is 3.47. The van der Waals surface area contributed by atoms with Crippen molar-refractivity contribution in [2.45, 2.75) is 6.54 Å². The molecule has 1 aromatic carbocycles. The molecule has 15 heavy (non-hydrogen) atoms. The van der Waals surface area contributed by atoms with Gasteiger partial charge in [0, 0.05) is 24.8 Å². The summed E-state index contributed by atoms with van der Waals surface area (Å²) in [7, 11) is 0. The molecule has 0 radical (unpaired) electrons. The summed E-state index contributed by atoms with van der Waals surface area (Å²) in [5.74, 6) is 0. The van der Waals surface area contributed by atoms with Crippen LogP contribution >= 0.6 is 0 Å². The maximum absolute atomic E-state index is 12.4. The summed E-state index contributed by atoms with van der Waals surface area (Å²) in [6, 6.07) is 10.0. The van der Waals surface area contributed by atoms with Crippen LogP contribution in [0, 0.1) is 0 Å². The molecule has 2 N–H and O–H groups in total. The van der Waals surface area contributed by atoms with Gasteiger partial charge < -0.3 is 10.3 Å². The first-order valence-electron chi connectivity index (χ1n) is 4.87. The van der Waals surface area contributed by atoms with E-state index in [1.165, 1.54) is 0 Å². The van der Waals surface area contributed by atoms with Gasteiger partial charge in [-0.1, -0.05) is 18.2 Å². The summed E-state index contributed by atoms with van der Waals surface area (Å²) in [6.45, 7) is 0.767. The molecule has 0 aliphatic rings. The van der Waals surface area contributed by atoms with Crippen molar-refractivity contribution in [1.29, 1.82) is 0 Å². The van der Waals surface area contributed by atoms with Gasteiger partial charge in [0.05, 0.1) is 6.33 Å². The minimum Gasteiger partial charge on any atom is -0.343 e. The van der Waals surface area contributed by atoms with Crippen LogP contribution in [-0.2, 0) is 6.54 Å². The molecule has 0 spiro atoms. The molecule has 0 bridgehead atoms. The van der Waals surface area contributed by atoms with Gasteiger partial charge in [-0.05, 0) is 23.1 Å². The van der Waals surface area contributed by atoms with Crippen LogP contribution in [0.15, 0.2) is 48.4 Å². The number of nitrogens with two attached hydrogens (primary N) is 1. The fraction of sp³-hybridized carbons (Fsp3) is 0.167. The first-order valence-corrected chi connectivity index (χ1v) is 4.87. The average Bonchev–Trinajstić information content (AvgIpc) is 2.69. The normalized spacial score (nSPS) is 12.3. The molecular formula is C12H13FN2. The van der Waals surface area contributed by atoms with Crippen LogP contribution in [-0.4, -0.2) is 11.1 Å². The number of benzene rings is 1. The Hall–Kier alpha value is -1.61. The van der Waals surface area contributed by atoms with E-state index in [1.807, 2.05) is 41.1 Å². The van der Waals surface area contributed by atoms with E-state index in [1.54, 1.807) is 0 Å². The first kappa shape index (κ1) is 9.93. The number of hydrogen-bond acceptors (Lipinski definition) is 1. The second-order valence-electron chi connectivity index (χ2n) is 3.47. The van der Waals surface area contributed by atoms with Crippen LogP contribution in [0.1, 0.15) is 0 Å². The van der Waals surface area contributed by atoms with Crippen molar-refractivity contribution in [2.24, 2.45) is 5.73 Å². The van der Waals surface area contributed by atoms with E-state index in [0.29, 0.717) is 18.4 Å². The highest BCUT2D eigenvalue weighted by atomic mass is 19.1. The van der Waals surface area contributed by atoms with Crippen LogP contribution in [0.3, 0.4) is 0 Å². The van der Waals surface area contributed by atoms with Crippen LogP contribution in [0.25, 0.3) is 10.9 Å². The van der Waals surface area contributed by atoms with Crippen molar-refractivity contribution in [2.75, 3.05) is 6.54 Å². The van der Waals surface area contributed by atoms with Crippen molar-refractivity contribution < 1.29 is 4.39 Å². The molecule has 0 saturated carbocycles. The predicted octanol–water partition coefficient (Wildman–Crippen LogP) is 2.45.